The fourth-order valence-electron chi connectivity index (χ4n) is 6.43. The van der Waals surface area contributed by atoms with Crippen LogP contribution in [0.1, 0.15) is 169 Å². The van der Waals surface area contributed by atoms with Crippen molar-refractivity contribution in [2.75, 3.05) is 45.9 Å². The molecule has 2 aliphatic heterocycles. The summed E-state index contributed by atoms with van der Waals surface area (Å²) in [7, 11) is 0. The van der Waals surface area contributed by atoms with E-state index in [0.717, 1.165) is 44.1 Å². The van der Waals surface area contributed by atoms with Gasteiger partial charge in [0.1, 0.15) is 11.5 Å². The summed E-state index contributed by atoms with van der Waals surface area (Å²) in [5.74, 6) is 0.622. The van der Waals surface area contributed by atoms with Crippen molar-refractivity contribution >= 4 is 0 Å². The van der Waals surface area contributed by atoms with E-state index in [0.29, 0.717) is 13.0 Å². The standard InChI is InChI=1S/C40H74N2O3/c1-5-9-13-17-21-31-41(32-22-18-14-10-6-2)35-25-37-43-40(44-38-26-27-39(45-40)29-28-38)30-36-42(33-23-19-15-11-7-3)34-24-20-16-12-8-4/h26-29H,5-25,30-37H2,1-4H3. The van der Waals surface area contributed by atoms with Crippen molar-refractivity contribution in [1.29, 1.82) is 0 Å². The highest BCUT2D eigenvalue weighted by molar-refractivity contribution is 5.33. The average molecular weight is 631 g/mol. The zero-order valence-corrected chi connectivity index (χ0v) is 30.4. The van der Waals surface area contributed by atoms with E-state index in [9.17, 15) is 0 Å². The van der Waals surface area contributed by atoms with Gasteiger partial charge in [0, 0.05) is 13.1 Å². The summed E-state index contributed by atoms with van der Waals surface area (Å²) in [5, 5.41) is 0. The Bertz CT molecular complexity index is 733. The number of benzene rings is 1. The van der Waals surface area contributed by atoms with Crippen molar-refractivity contribution in [2.24, 2.45) is 0 Å². The molecule has 1 aromatic carbocycles. The summed E-state index contributed by atoms with van der Waals surface area (Å²) in [4.78, 5) is 5.34. The predicted octanol–water partition coefficient (Wildman–Crippen LogP) is 11.4. The molecule has 0 radical (unpaired) electrons. The lowest BCUT2D eigenvalue weighted by atomic mass is 10.1. The van der Waals surface area contributed by atoms with Crippen LogP contribution in [0.5, 0.6) is 11.5 Å². The summed E-state index contributed by atoms with van der Waals surface area (Å²) in [5.41, 5.74) is 0. The van der Waals surface area contributed by atoms with Crippen LogP contribution in [0.15, 0.2) is 24.3 Å². The van der Waals surface area contributed by atoms with E-state index in [1.54, 1.807) is 0 Å². The number of rotatable bonds is 32. The minimum absolute atomic E-state index is 0.650. The number of hydrogen-bond acceptors (Lipinski definition) is 5. The zero-order valence-electron chi connectivity index (χ0n) is 30.4. The highest BCUT2D eigenvalue weighted by Gasteiger charge is 2.39. The summed E-state index contributed by atoms with van der Waals surface area (Å²) >= 11 is 0. The second-order valence-corrected chi connectivity index (χ2v) is 13.7. The van der Waals surface area contributed by atoms with E-state index in [4.69, 9.17) is 14.2 Å². The average Bonchev–Trinajstić information content (AvgIpc) is 3.34. The van der Waals surface area contributed by atoms with Crippen LogP contribution in [0, 0.1) is 0 Å². The molecule has 0 spiro atoms. The number of nitrogens with zero attached hydrogens (tertiary/aromatic N) is 2. The Kier molecular flexibility index (Phi) is 23.7. The molecule has 0 fully saturated rings. The van der Waals surface area contributed by atoms with Crippen LogP contribution in [0.25, 0.3) is 0 Å². The zero-order chi connectivity index (χ0) is 32.3. The molecule has 1 aromatic rings. The van der Waals surface area contributed by atoms with Crippen LogP contribution >= 0.6 is 0 Å². The molecule has 2 heterocycles. The van der Waals surface area contributed by atoms with E-state index >= 15 is 0 Å². The van der Waals surface area contributed by atoms with Crippen LogP contribution in [-0.4, -0.2) is 61.6 Å². The summed E-state index contributed by atoms with van der Waals surface area (Å²) < 4.78 is 19.7. The van der Waals surface area contributed by atoms with Gasteiger partial charge in [0.05, 0.1) is 13.0 Å². The summed E-state index contributed by atoms with van der Waals surface area (Å²) in [6.45, 7) is 16.6. The Labute approximate surface area is 280 Å². The van der Waals surface area contributed by atoms with Crippen LogP contribution < -0.4 is 9.47 Å². The Balaban J connectivity index is 1.94. The highest BCUT2D eigenvalue weighted by atomic mass is 16.9. The van der Waals surface area contributed by atoms with Crippen molar-refractivity contribution in [1.82, 2.24) is 9.80 Å². The third kappa shape index (κ3) is 19.2. The van der Waals surface area contributed by atoms with E-state index < -0.39 is 5.97 Å². The van der Waals surface area contributed by atoms with Crippen LogP contribution in [0.3, 0.4) is 0 Å². The molecule has 45 heavy (non-hydrogen) atoms. The Morgan fingerprint density at radius 1 is 0.444 bits per heavy atom. The van der Waals surface area contributed by atoms with Gasteiger partial charge < -0.3 is 24.0 Å². The van der Waals surface area contributed by atoms with Crippen molar-refractivity contribution in [3.05, 3.63) is 24.3 Å². The molecule has 0 saturated carbocycles. The molecule has 3 rings (SSSR count). The largest absolute Gasteiger partial charge is 0.430 e. The van der Waals surface area contributed by atoms with Crippen LogP contribution in [-0.2, 0) is 4.74 Å². The van der Waals surface area contributed by atoms with Crippen molar-refractivity contribution in [2.45, 2.75) is 175 Å². The maximum atomic E-state index is 6.64. The van der Waals surface area contributed by atoms with Crippen molar-refractivity contribution < 1.29 is 14.2 Å². The molecule has 2 aliphatic rings. The molecule has 0 N–H and O–H groups in total. The molecule has 0 saturated heterocycles. The van der Waals surface area contributed by atoms with Gasteiger partial charge in [0.15, 0.2) is 0 Å². The molecule has 2 bridgehead atoms. The lowest BCUT2D eigenvalue weighted by Crippen LogP contribution is -2.48. The molecular weight excluding hydrogens is 556 g/mol. The maximum absolute atomic E-state index is 6.64. The molecule has 0 atom stereocenters. The van der Waals surface area contributed by atoms with Gasteiger partial charge in [-0.2, -0.15) is 0 Å². The van der Waals surface area contributed by atoms with Crippen molar-refractivity contribution in [3.63, 3.8) is 0 Å². The Hall–Kier alpha value is -1.30. The monoisotopic (exact) mass is 631 g/mol. The predicted molar refractivity (Wildman–Crippen MR) is 194 cm³/mol. The number of ether oxygens (including phenoxy) is 3. The van der Waals surface area contributed by atoms with E-state index in [1.165, 1.54) is 142 Å². The van der Waals surface area contributed by atoms with Gasteiger partial charge in [-0.15, -0.1) is 0 Å². The Morgan fingerprint density at radius 2 is 0.778 bits per heavy atom. The third-order valence-corrected chi connectivity index (χ3v) is 9.36. The van der Waals surface area contributed by atoms with Crippen molar-refractivity contribution in [3.8, 4) is 11.5 Å². The number of hydrogen-bond donors (Lipinski definition) is 0. The summed E-state index contributed by atoms with van der Waals surface area (Å²) in [6, 6.07) is 8.05. The molecule has 0 aliphatic carbocycles. The molecule has 5 heteroatoms. The SMILES string of the molecule is CCCCCCCN(CCCCCCC)CCCOC1(CCN(CCCCCCC)CCCCCCC)Oc2ccc(cc2)O1. The van der Waals surface area contributed by atoms with Gasteiger partial charge in [0.2, 0.25) is 0 Å². The number of fused-ring (bicyclic) bond motifs is 4. The van der Waals surface area contributed by atoms with Gasteiger partial charge >= 0.3 is 5.97 Å². The van der Waals surface area contributed by atoms with Gasteiger partial charge in [0.25, 0.3) is 0 Å². The third-order valence-electron chi connectivity index (χ3n) is 9.36. The molecule has 0 aromatic heterocycles. The fourth-order valence-corrected chi connectivity index (χ4v) is 6.43. The highest BCUT2D eigenvalue weighted by Crippen LogP contribution is 2.33. The second kappa shape index (κ2) is 26.7. The normalized spacial score (nSPS) is 13.8. The number of unbranched alkanes of at least 4 members (excludes halogenated alkanes) is 16. The lowest BCUT2D eigenvalue weighted by molar-refractivity contribution is -0.304. The van der Waals surface area contributed by atoms with Gasteiger partial charge in [-0.3, -0.25) is 0 Å². The first-order valence-electron chi connectivity index (χ1n) is 19.7. The molecule has 0 amide bonds. The smallest absolute Gasteiger partial charge is 0.372 e. The topological polar surface area (TPSA) is 34.2 Å². The molecule has 0 unspecified atom stereocenters. The van der Waals surface area contributed by atoms with Gasteiger partial charge in [-0.05, 0) is 82.5 Å². The molecule has 5 nitrogen and oxygen atoms in total. The van der Waals surface area contributed by atoms with Crippen LogP contribution in [0.4, 0.5) is 0 Å². The van der Waals surface area contributed by atoms with Crippen LogP contribution in [0.2, 0.25) is 0 Å². The van der Waals surface area contributed by atoms with Gasteiger partial charge in [-0.1, -0.05) is 130 Å². The first kappa shape index (κ1) is 39.9. The first-order chi connectivity index (χ1) is 22.1. The van der Waals surface area contributed by atoms with E-state index in [2.05, 4.69) is 37.5 Å². The van der Waals surface area contributed by atoms with E-state index in [-0.39, 0.29) is 0 Å². The minimum Gasteiger partial charge on any atom is -0.430 e. The van der Waals surface area contributed by atoms with E-state index in [1.807, 2.05) is 24.3 Å². The minimum atomic E-state index is -1.05. The summed E-state index contributed by atoms with van der Waals surface area (Å²) in [6.07, 6.45) is 28.3. The first-order valence-corrected chi connectivity index (χ1v) is 19.7. The molecular formula is C40H74N2O3. The Morgan fingerprint density at radius 3 is 1.16 bits per heavy atom. The lowest BCUT2D eigenvalue weighted by Gasteiger charge is -2.34. The second-order valence-electron chi connectivity index (χ2n) is 13.7. The van der Waals surface area contributed by atoms with Gasteiger partial charge in [-0.25, -0.2) is 0 Å². The fraction of sp³-hybridized carbons (Fsp3) is 0.850. The maximum Gasteiger partial charge on any atom is 0.372 e. The quantitative estimate of drug-likeness (QED) is 0.0740. The molecule has 262 valence electrons.